The number of para-hydroxylation sites is 1. The van der Waals surface area contributed by atoms with E-state index >= 15 is 0 Å². The van der Waals surface area contributed by atoms with Crippen molar-refractivity contribution >= 4 is 16.9 Å². The Balaban J connectivity index is 1.54. The summed E-state index contributed by atoms with van der Waals surface area (Å²) in [6.45, 7) is 0.932. The standard InChI is InChI=1S/C17H17NO3/c1-20-15-4-2-3-10-13(8-21-16(10)15)17(19)18-7-9-5-14(18)12-6-11(9)12/h2-4,8-9,11-12,14H,5-7H2,1H3/t9-,11-,12-,14-/m0/s1. The number of methoxy groups -OCH3 is 1. The van der Waals surface area contributed by atoms with Gasteiger partial charge < -0.3 is 14.1 Å². The number of fused-ring (bicyclic) bond motifs is 6. The van der Waals surface area contributed by atoms with E-state index in [-0.39, 0.29) is 5.91 Å². The number of piperidine rings is 1. The lowest BCUT2D eigenvalue weighted by Crippen LogP contribution is -2.39. The predicted molar refractivity (Wildman–Crippen MR) is 77.3 cm³/mol. The molecule has 1 aromatic heterocycles. The van der Waals surface area contributed by atoms with E-state index < -0.39 is 0 Å². The van der Waals surface area contributed by atoms with Gasteiger partial charge in [0.15, 0.2) is 11.3 Å². The van der Waals surface area contributed by atoms with Crippen molar-refractivity contribution in [2.45, 2.75) is 18.9 Å². The average Bonchev–Trinajstić information content (AvgIpc) is 2.91. The number of nitrogens with zero attached hydrogens (tertiary/aromatic N) is 1. The third-order valence-corrected chi connectivity index (χ3v) is 5.64. The summed E-state index contributed by atoms with van der Waals surface area (Å²) in [5, 5.41) is 0.856. The molecule has 5 rings (SSSR count). The molecule has 21 heavy (non-hydrogen) atoms. The van der Waals surface area contributed by atoms with Gasteiger partial charge in [-0.3, -0.25) is 4.79 Å². The van der Waals surface area contributed by atoms with Crippen LogP contribution in [0.4, 0.5) is 0 Å². The van der Waals surface area contributed by atoms with E-state index in [1.807, 2.05) is 18.2 Å². The number of hydrogen-bond acceptors (Lipinski definition) is 3. The van der Waals surface area contributed by atoms with Crippen LogP contribution >= 0.6 is 0 Å². The summed E-state index contributed by atoms with van der Waals surface area (Å²) in [4.78, 5) is 15.0. The highest BCUT2D eigenvalue weighted by molar-refractivity contribution is 6.07. The molecule has 3 fully saturated rings. The summed E-state index contributed by atoms with van der Waals surface area (Å²) in [6, 6.07) is 6.17. The highest BCUT2D eigenvalue weighted by atomic mass is 16.5. The Hall–Kier alpha value is -1.97. The van der Waals surface area contributed by atoms with Crippen LogP contribution in [0.1, 0.15) is 23.2 Å². The van der Waals surface area contributed by atoms with Crippen LogP contribution in [0, 0.1) is 17.8 Å². The lowest BCUT2D eigenvalue weighted by atomic mass is 10.1. The van der Waals surface area contributed by atoms with E-state index in [1.54, 1.807) is 13.4 Å². The van der Waals surface area contributed by atoms with Gasteiger partial charge in [-0.05, 0) is 36.7 Å². The minimum atomic E-state index is 0.125. The molecule has 2 saturated carbocycles. The molecular formula is C17H17NO3. The molecule has 1 amide bonds. The molecule has 108 valence electrons. The van der Waals surface area contributed by atoms with E-state index in [1.165, 1.54) is 12.8 Å². The fourth-order valence-electron chi connectivity index (χ4n) is 4.58. The first-order chi connectivity index (χ1) is 10.3. The van der Waals surface area contributed by atoms with Crippen LogP contribution in [0.15, 0.2) is 28.9 Å². The third-order valence-electron chi connectivity index (χ3n) is 5.64. The molecule has 1 aliphatic heterocycles. The number of furan rings is 1. The molecule has 4 nitrogen and oxygen atoms in total. The van der Waals surface area contributed by atoms with E-state index in [0.29, 0.717) is 22.9 Å². The fraction of sp³-hybridized carbons (Fsp3) is 0.471. The summed E-state index contributed by atoms with van der Waals surface area (Å²) < 4.78 is 10.9. The average molecular weight is 283 g/mol. The minimum Gasteiger partial charge on any atom is -0.493 e. The topological polar surface area (TPSA) is 42.7 Å². The van der Waals surface area contributed by atoms with Gasteiger partial charge >= 0.3 is 0 Å². The van der Waals surface area contributed by atoms with Gasteiger partial charge in [0.05, 0.1) is 12.7 Å². The molecule has 4 heteroatoms. The Morgan fingerprint density at radius 1 is 1.33 bits per heavy atom. The molecule has 4 atom stereocenters. The predicted octanol–water partition coefficient (Wildman–Crippen LogP) is 2.92. The van der Waals surface area contributed by atoms with Gasteiger partial charge in [0.25, 0.3) is 5.91 Å². The fourth-order valence-corrected chi connectivity index (χ4v) is 4.58. The first kappa shape index (κ1) is 11.7. The Morgan fingerprint density at radius 2 is 2.24 bits per heavy atom. The molecular weight excluding hydrogens is 266 g/mol. The molecule has 0 spiro atoms. The quantitative estimate of drug-likeness (QED) is 0.851. The minimum absolute atomic E-state index is 0.125. The second kappa shape index (κ2) is 3.81. The van der Waals surface area contributed by atoms with Crippen molar-refractivity contribution < 1.29 is 13.9 Å². The molecule has 3 aliphatic rings. The molecule has 2 aromatic rings. The van der Waals surface area contributed by atoms with E-state index in [0.717, 1.165) is 29.7 Å². The third kappa shape index (κ3) is 1.42. The Bertz CT molecular complexity index is 750. The molecule has 1 aromatic carbocycles. The second-order valence-electron chi connectivity index (χ2n) is 6.57. The lowest BCUT2D eigenvalue weighted by molar-refractivity contribution is 0.0694. The summed E-state index contributed by atoms with van der Waals surface area (Å²) in [6.07, 6.45) is 4.13. The number of hydrogen-bond donors (Lipinski definition) is 0. The first-order valence-electron chi connectivity index (χ1n) is 7.63. The number of carbonyl (C=O) groups is 1. The number of likely N-dealkylation sites (tertiary alicyclic amines) is 1. The molecule has 0 unspecified atom stereocenters. The molecule has 0 radical (unpaired) electrons. The van der Waals surface area contributed by atoms with Crippen LogP contribution in [-0.4, -0.2) is 30.5 Å². The van der Waals surface area contributed by atoms with Crippen molar-refractivity contribution in [3.8, 4) is 5.75 Å². The second-order valence-corrected chi connectivity index (χ2v) is 6.57. The van der Waals surface area contributed by atoms with Gasteiger partial charge in [-0.2, -0.15) is 0 Å². The Morgan fingerprint density at radius 3 is 3.00 bits per heavy atom. The summed E-state index contributed by atoms with van der Waals surface area (Å²) in [7, 11) is 1.62. The van der Waals surface area contributed by atoms with Gasteiger partial charge in [-0.25, -0.2) is 0 Å². The van der Waals surface area contributed by atoms with Gasteiger partial charge in [-0.15, -0.1) is 0 Å². The van der Waals surface area contributed by atoms with Crippen molar-refractivity contribution in [1.82, 2.24) is 4.90 Å². The normalized spacial score (nSPS) is 32.5. The maximum absolute atomic E-state index is 12.9. The summed E-state index contributed by atoms with van der Waals surface area (Å²) in [5.41, 5.74) is 1.34. The Labute approximate surface area is 122 Å². The van der Waals surface area contributed by atoms with Crippen LogP contribution in [0.2, 0.25) is 0 Å². The maximum Gasteiger partial charge on any atom is 0.258 e. The number of rotatable bonds is 2. The van der Waals surface area contributed by atoms with Crippen LogP contribution in [0.25, 0.3) is 11.0 Å². The van der Waals surface area contributed by atoms with Crippen molar-refractivity contribution in [3.05, 3.63) is 30.0 Å². The van der Waals surface area contributed by atoms with Crippen molar-refractivity contribution in [3.63, 3.8) is 0 Å². The van der Waals surface area contributed by atoms with Gasteiger partial charge in [0.2, 0.25) is 0 Å². The largest absolute Gasteiger partial charge is 0.493 e. The SMILES string of the molecule is COc1cccc2c(C(=O)N3C[C@@H]4C[C@H]3[C@H]3C[C@@H]43)coc12. The highest BCUT2D eigenvalue weighted by Gasteiger charge is 2.61. The Kier molecular flexibility index (Phi) is 2.12. The van der Waals surface area contributed by atoms with E-state index in [9.17, 15) is 4.79 Å². The van der Waals surface area contributed by atoms with Gasteiger partial charge in [-0.1, -0.05) is 12.1 Å². The zero-order valence-corrected chi connectivity index (χ0v) is 11.9. The van der Waals surface area contributed by atoms with Gasteiger partial charge in [0.1, 0.15) is 6.26 Å². The molecule has 2 heterocycles. The zero-order chi connectivity index (χ0) is 14.1. The van der Waals surface area contributed by atoms with Crippen LogP contribution in [-0.2, 0) is 0 Å². The maximum atomic E-state index is 12.9. The number of benzene rings is 1. The lowest BCUT2D eigenvalue weighted by Gasteiger charge is -2.26. The molecule has 1 saturated heterocycles. The monoisotopic (exact) mass is 283 g/mol. The van der Waals surface area contributed by atoms with Crippen molar-refractivity contribution in [1.29, 1.82) is 0 Å². The van der Waals surface area contributed by atoms with Crippen LogP contribution in [0.5, 0.6) is 5.75 Å². The summed E-state index contributed by atoms with van der Waals surface area (Å²) >= 11 is 0. The molecule has 0 N–H and O–H groups in total. The number of amides is 1. The molecule has 2 aliphatic carbocycles. The van der Waals surface area contributed by atoms with Crippen LogP contribution < -0.4 is 4.74 Å². The highest BCUT2D eigenvalue weighted by Crippen LogP contribution is 2.61. The first-order valence-corrected chi connectivity index (χ1v) is 7.63. The van der Waals surface area contributed by atoms with Crippen molar-refractivity contribution in [2.24, 2.45) is 17.8 Å². The van der Waals surface area contributed by atoms with Crippen molar-refractivity contribution in [2.75, 3.05) is 13.7 Å². The van der Waals surface area contributed by atoms with Crippen LogP contribution in [0.3, 0.4) is 0 Å². The number of ether oxygens (including phenoxy) is 1. The van der Waals surface area contributed by atoms with Gasteiger partial charge in [0, 0.05) is 18.0 Å². The molecule has 2 bridgehead atoms. The number of carbonyl (C=O) groups excluding carboxylic acids is 1. The smallest absolute Gasteiger partial charge is 0.258 e. The zero-order valence-electron chi connectivity index (χ0n) is 11.9. The van der Waals surface area contributed by atoms with E-state index in [2.05, 4.69) is 4.90 Å². The summed E-state index contributed by atoms with van der Waals surface area (Å²) in [5.74, 6) is 3.24. The van der Waals surface area contributed by atoms with E-state index in [4.69, 9.17) is 9.15 Å².